The van der Waals surface area contributed by atoms with E-state index in [0.29, 0.717) is 13.2 Å². The SMILES string of the molecule is C[C@H]1OCCN[C@@H]1C(=O)NCCSC(F)(F)F.Cl. The van der Waals surface area contributed by atoms with Gasteiger partial charge in [-0.15, -0.1) is 12.4 Å². The van der Waals surface area contributed by atoms with E-state index in [9.17, 15) is 18.0 Å². The quantitative estimate of drug-likeness (QED) is 0.765. The summed E-state index contributed by atoms with van der Waals surface area (Å²) in [5, 5.41) is 5.41. The van der Waals surface area contributed by atoms with E-state index in [1.807, 2.05) is 0 Å². The van der Waals surface area contributed by atoms with Crippen molar-refractivity contribution in [3.8, 4) is 0 Å². The molecule has 0 radical (unpaired) electrons. The van der Waals surface area contributed by atoms with Crippen LogP contribution in [0.3, 0.4) is 0 Å². The van der Waals surface area contributed by atoms with Gasteiger partial charge in [-0.05, 0) is 18.7 Å². The van der Waals surface area contributed by atoms with Crippen molar-refractivity contribution in [1.82, 2.24) is 10.6 Å². The van der Waals surface area contributed by atoms with E-state index in [1.54, 1.807) is 6.92 Å². The molecule has 1 aliphatic rings. The van der Waals surface area contributed by atoms with Crippen molar-refractivity contribution in [1.29, 1.82) is 0 Å². The summed E-state index contributed by atoms with van der Waals surface area (Å²) in [7, 11) is 0. The smallest absolute Gasteiger partial charge is 0.375 e. The fourth-order valence-corrected chi connectivity index (χ4v) is 1.91. The monoisotopic (exact) mass is 308 g/mol. The lowest BCUT2D eigenvalue weighted by Gasteiger charge is -2.29. The van der Waals surface area contributed by atoms with E-state index in [2.05, 4.69) is 10.6 Å². The lowest BCUT2D eigenvalue weighted by atomic mass is 10.1. The van der Waals surface area contributed by atoms with Crippen LogP contribution in [0.2, 0.25) is 0 Å². The van der Waals surface area contributed by atoms with E-state index in [0.717, 1.165) is 0 Å². The maximum Gasteiger partial charge on any atom is 0.441 e. The summed E-state index contributed by atoms with van der Waals surface area (Å²) in [4.78, 5) is 11.6. The highest BCUT2D eigenvalue weighted by Gasteiger charge is 2.29. The molecule has 0 bridgehead atoms. The third kappa shape index (κ3) is 6.67. The molecular weight excluding hydrogens is 293 g/mol. The van der Waals surface area contributed by atoms with E-state index in [-0.39, 0.29) is 48.5 Å². The predicted molar refractivity (Wildman–Crippen MR) is 66.0 cm³/mol. The minimum absolute atomic E-state index is 0. The van der Waals surface area contributed by atoms with Crippen LogP contribution in [0.1, 0.15) is 6.92 Å². The van der Waals surface area contributed by atoms with E-state index in [4.69, 9.17) is 4.74 Å². The lowest BCUT2D eigenvalue weighted by molar-refractivity contribution is -0.128. The van der Waals surface area contributed by atoms with Crippen LogP contribution < -0.4 is 10.6 Å². The molecule has 1 rings (SSSR count). The lowest BCUT2D eigenvalue weighted by Crippen LogP contribution is -2.55. The summed E-state index contributed by atoms with van der Waals surface area (Å²) in [5.74, 6) is -0.503. The number of hydrogen-bond donors (Lipinski definition) is 2. The van der Waals surface area contributed by atoms with Crippen LogP contribution in [0.4, 0.5) is 13.2 Å². The summed E-state index contributed by atoms with van der Waals surface area (Å²) in [5.41, 5.74) is -4.25. The Kier molecular flexibility index (Phi) is 8.00. The van der Waals surface area contributed by atoms with Gasteiger partial charge in [0.1, 0.15) is 6.04 Å². The summed E-state index contributed by atoms with van der Waals surface area (Å²) < 4.78 is 40.7. The average Bonchev–Trinajstić information content (AvgIpc) is 2.23. The minimum Gasteiger partial charge on any atom is -0.375 e. The number of rotatable bonds is 4. The van der Waals surface area contributed by atoms with Crippen molar-refractivity contribution >= 4 is 30.1 Å². The van der Waals surface area contributed by atoms with Crippen LogP contribution in [-0.2, 0) is 9.53 Å². The molecule has 1 heterocycles. The number of halogens is 4. The summed E-state index contributed by atoms with van der Waals surface area (Å²) in [6, 6.07) is -0.486. The van der Waals surface area contributed by atoms with Gasteiger partial charge < -0.3 is 15.4 Å². The summed E-state index contributed by atoms with van der Waals surface area (Å²) >= 11 is -0.143. The number of carbonyl (C=O) groups is 1. The minimum atomic E-state index is -4.25. The van der Waals surface area contributed by atoms with Crippen LogP contribution in [0.15, 0.2) is 0 Å². The Bertz CT molecular complexity index is 269. The van der Waals surface area contributed by atoms with Gasteiger partial charge in [0.25, 0.3) is 0 Å². The Morgan fingerprint density at radius 3 is 2.78 bits per heavy atom. The zero-order chi connectivity index (χ0) is 12.9. The molecule has 0 aromatic heterocycles. The van der Waals surface area contributed by atoms with Gasteiger partial charge in [0.2, 0.25) is 5.91 Å². The van der Waals surface area contributed by atoms with Gasteiger partial charge in [0, 0.05) is 18.8 Å². The van der Waals surface area contributed by atoms with E-state index < -0.39 is 11.6 Å². The first-order chi connectivity index (χ1) is 7.90. The Balaban J connectivity index is 0.00000289. The third-order valence-electron chi connectivity index (χ3n) is 2.27. The topological polar surface area (TPSA) is 50.4 Å². The van der Waals surface area contributed by atoms with Crippen LogP contribution in [0.25, 0.3) is 0 Å². The van der Waals surface area contributed by atoms with Crippen molar-refractivity contribution in [2.75, 3.05) is 25.4 Å². The van der Waals surface area contributed by atoms with Crippen molar-refractivity contribution in [3.05, 3.63) is 0 Å². The normalized spacial score (nSPS) is 24.2. The van der Waals surface area contributed by atoms with E-state index >= 15 is 0 Å². The highest BCUT2D eigenvalue weighted by Crippen LogP contribution is 2.29. The van der Waals surface area contributed by atoms with Gasteiger partial charge in [0.05, 0.1) is 12.7 Å². The van der Waals surface area contributed by atoms with Crippen LogP contribution in [-0.4, -0.2) is 49.0 Å². The first-order valence-corrected chi connectivity index (χ1v) is 6.22. The number of ether oxygens (including phenoxy) is 1. The van der Waals surface area contributed by atoms with Crippen molar-refractivity contribution < 1.29 is 22.7 Å². The third-order valence-corrected chi connectivity index (χ3v) is 3.00. The van der Waals surface area contributed by atoms with Gasteiger partial charge in [-0.2, -0.15) is 13.2 Å². The molecule has 0 unspecified atom stereocenters. The molecule has 0 aliphatic carbocycles. The first-order valence-electron chi connectivity index (χ1n) is 5.23. The molecule has 0 aromatic carbocycles. The Hall–Kier alpha value is -0.180. The number of carbonyl (C=O) groups excluding carboxylic acids is 1. The van der Waals surface area contributed by atoms with Crippen molar-refractivity contribution in [3.63, 3.8) is 0 Å². The maximum absolute atomic E-state index is 11.8. The molecule has 0 saturated carbocycles. The molecule has 2 N–H and O–H groups in total. The second-order valence-electron chi connectivity index (χ2n) is 3.59. The van der Waals surface area contributed by atoms with Crippen molar-refractivity contribution in [2.24, 2.45) is 0 Å². The molecule has 108 valence electrons. The molecule has 9 heteroatoms. The fourth-order valence-electron chi connectivity index (χ4n) is 1.48. The second kappa shape index (κ2) is 8.08. The first kappa shape index (κ1) is 17.8. The summed E-state index contributed by atoms with van der Waals surface area (Å²) in [6.07, 6.45) is -0.265. The van der Waals surface area contributed by atoms with Gasteiger partial charge in [-0.1, -0.05) is 0 Å². The van der Waals surface area contributed by atoms with Gasteiger partial charge in [0.15, 0.2) is 0 Å². The molecule has 0 aromatic rings. The molecule has 1 saturated heterocycles. The Morgan fingerprint density at radius 1 is 1.56 bits per heavy atom. The van der Waals surface area contributed by atoms with Crippen LogP contribution in [0.5, 0.6) is 0 Å². The predicted octanol–water partition coefficient (Wildman–Crippen LogP) is 1.15. The Morgan fingerprint density at radius 2 is 2.22 bits per heavy atom. The molecule has 1 aliphatic heterocycles. The molecule has 2 atom stereocenters. The molecule has 1 fully saturated rings. The van der Waals surface area contributed by atoms with E-state index in [1.165, 1.54) is 0 Å². The molecule has 0 spiro atoms. The number of alkyl halides is 3. The molecule has 4 nitrogen and oxygen atoms in total. The standard InChI is InChI=1S/C9H15F3N2O2S.ClH/c1-6-7(13-2-4-16-6)8(15)14-3-5-17-9(10,11)12;/h6-7,13H,2-5H2,1H3,(H,14,15);1H/t6-,7+;/m1./s1. The molecular formula is C9H16ClF3N2O2S. The highest BCUT2D eigenvalue weighted by atomic mass is 35.5. The van der Waals surface area contributed by atoms with Gasteiger partial charge in [-0.3, -0.25) is 4.79 Å². The number of nitrogens with one attached hydrogen (secondary N) is 2. The van der Waals surface area contributed by atoms with Gasteiger partial charge >= 0.3 is 5.51 Å². The summed E-state index contributed by atoms with van der Waals surface area (Å²) in [6.45, 7) is 2.85. The highest BCUT2D eigenvalue weighted by molar-refractivity contribution is 8.00. The Labute approximate surface area is 114 Å². The largest absolute Gasteiger partial charge is 0.441 e. The fraction of sp³-hybridized carbons (Fsp3) is 0.889. The number of amides is 1. The number of morpholine rings is 1. The van der Waals surface area contributed by atoms with Crippen LogP contribution in [0, 0.1) is 0 Å². The van der Waals surface area contributed by atoms with Gasteiger partial charge in [-0.25, -0.2) is 0 Å². The second-order valence-corrected chi connectivity index (χ2v) is 4.75. The average molecular weight is 309 g/mol. The molecule has 1 amide bonds. The number of thioether (sulfide) groups is 1. The number of hydrogen-bond acceptors (Lipinski definition) is 4. The van der Waals surface area contributed by atoms with Crippen LogP contribution >= 0.6 is 24.2 Å². The van der Waals surface area contributed by atoms with Crippen molar-refractivity contribution in [2.45, 2.75) is 24.6 Å². The maximum atomic E-state index is 11.8. The zero-order valence-corrected chi connectivity index (χ0v) is 11.4. The molecule has 18 heavy (non-hydrogen) atoms. The zero-order valence-electron chi connectivity index (χ0n) is 9.75.